The molecule has 0 saturated carbocycles. The summed E-state index contributed by atoms with van der Waals surface area (Å²) in [7, 11) is 1.50. The minimum atomic E-state index is -0.505. The number of nitrogens with two attached hydrogens (primary N) is 1. The molecular formula is C18H18Br2N2O3S. The fraction of sp³-hybridized carbons (Fsp3) is 0.333. The zero-order chi connectivity index (χ0) is 19.0. The molecule has 1 aliphatic carbocycles. The van der Waals surface area contributed by atoms with Crippen LogP contribution in [0.4, 0.5) is 5.00 Å². The van der Waals surface area contributed by atoms with Crippen LogP contribution in [0.5, 0.6) is 5.75 Å². The predicted molar refractivity (Wildman–Crippen MR) is 110 cm³/mol. The lowest BCUT2D eigenvalue weighted by Gasteiger charge is -2.18. The number of carbonyl (C=O) groups excluding carboxylic acids is 2. The highest BCUT2D eigenvalue weighted by Gasteiger charge is 2.28. The molecule has 1 aliphatic rings. The Labute approximate surface area is 172 Å². The molecule has 0 spiro atoms. The van der Waals surface area contributed by atoms with Gasteiger partial charge in [-0.2, -0.15) is 0 Å². The minimum Gasteiger partial charge on any atom is -0.495 e. The van der Waals surface area contributed by atoms with Gasteiger partial charge in [0.05, 0.1) is 22.7 Å². The van der Waals surface area contributed by atoms with E-state index in [1.54, 1.807) is 12.1 Å². The number of methoxy groups -OCH3 is 1. The van der Waals surface area contributed by atoms with E-state index in [9.17, 15) is 9.59 Å². The van der Waals surface area contributed by atoms with Gasteiger partial charge in [-0.05, 0) is 58.8 Å². The van der Waals surface area contributed by atoms with Gasteiger partial charge in [0.25, 0.3) is 11.8 Å². The van der Waals surface area contributed by atoms with Crippen molar-refractivity contribution in [3.05, 3.63) is 42.6 Å². The van der Waals surface area contributed by atoms with Crippen molar-refractivity contribution in [2.24, 2.45) is 11.7 Å². The third-order valence-corrected chi connectivity index (χ3v) is 6.66. The number of benzene rings is 1. The summed E-state index contributed by atoms with van der Waals surface area (Å²) in [6.07, 6.45) is 2.73. The predicted octanol–water partition coefficient (Wildman–Crippen LogP) is 4.76. The summed E-state index contributed by atoms with van der Waals surface area (Å²) in [4.78, 5) is 26.0. The van der Waals surface area contributed by atoms with Gasteiger partial charge in [0, 0.05) is 9.35 Å². The first-order valence-corrected chi connectivity index (χ1v) is 10.5. The molecule has 2 aromatic rings. The zero-order valence-electron chi connectivity index (χ0n) is 14.3. The van der Waals surface area contributed by atoms with Crippen molar-refractivity contribution < 1.29 is 14.3 Å². The number of nitrogens with one attached hydrogen (secondary N) is 1. The highest BCUT2D eigenvalue weighted by atomic mass is 79.9. The zero-order valence-corrected chi connectivity index (χ0v) is 18.3. The number of hydrogen-bond donors (Lipinski definition) is 2. The number of anilines is 1. The highest BCUT2D eigenvalue weighted by molar-refractivity contribution is 9.11. The van der Waals surface area contributed by atoms with Crippen LogP contribution in [0, 0.1) is 5.92 Å². The van der Waals surface area contributed by atoms with Gasteiger partial charge in [-0.1, -0.05) is 22.9 Å². The second-order valence-corrected chi connectivity index (χ2v) is 9.22. The Balaban J connectivity index is 2.00. The lowest BCUT2D eigenvalue weighted by Crippen LogP contribution is -2.19. The van der Waals surface area contributed by atoms with Gasteiger partial charge in [0.1, 0.15) is 10.8 Å². The van der Waals surface area contributed by atoms with Crippen LogP contribution >= 0.6 is 43.2 Å². The lowest BCUT2D eigenvalue weighted by atomic mass is 9.88. The van der Waals surface area contributed by atoms with Gasteiger partial charge >= 0.3 is 0 Å². The molecule has 1 unspecified atom stereocenters. The molecule has 3 N–H and O–H groups in total. The molecule has 26 heavy (non-hydrogen) atoms. The normalized spacial score (nSPS) is 16.1. The number of fused-ring (bicyclic) bond motifs is 1. The third kappa shape index (κ3) is 3.68. The maximum absolute atomic E-state index is 12.9. The standard InChI is InChI=1S/C18H18Br2N2O3S/c1-8-3-4-10-13(5-8)26-18(14(10)16(21)23)22-17(24)11-6-9(19)7-12(20)15(11)25-2/h6-8H,3-5H2,1-2H3,(H2,21,23)(H,22,24). The van der Waals surface area contributed by atoms with Crippen LogP contribution in [0.15, 0.2) is 21.1 Å². The topological polar surface area (TPSA) is 81.4 Å². The Kier molecular flexibility index (Phi) is 5.74. The minimum absolute atomic E-state index is 0.349. The summed E-state index contributed by atoms with van der Waals surface area (Å²) in [6.45, 7) is 2.19. The number of rotatable bonds is 4. The summed E-state index contributed by atoms with van der Waals surface area (Å²) in [5.74, 6) is 0.139. The number of primary amides is 1. The third-order valence-electron chi connectivity index (χ3n) is 4.44. The van der Waals surface area contributed by atoms with Gasteiger partial charge < -0.3 is 15.8 Å². The molecule has 1 heterocycles. The van der Waals surface area contributed by atoms with Crippen molar-refractivity contribution in [1.29, 1.82) is 0 Å². The molecule has 3 rings (SSSR count). The van der Waals surface area contributed by atoms with Crippen molar-refractivity contribution >= 4 is 60.0 Å². The maximum Gasteiger partial charge on any atom is 0.260 e. The molecule has 8 heteroatoms. The molecule has 138 valence electrons. The number of hydrogen-bond acceptors (Lipinski definition) is 4. The molecule has 0 saturated heterocycles. The summed E-state index contributed by atoms with van der Waals surface area (Å²) >= 11 is 8.22. The van der Waals surface area contributed by atoms with Crippen LogP contribution in [-0.2, 0) is 12.8 Å². The Morgan fingerprint density at radius 2 is 2.08 bits per heavy atom. The molecule has 1 aromatic carbocycles. The van der Waals surface area contributed by atoms with E-state index in [4.69, 9.17) is 10.5 Å². The fourth-order valence-electron chi connectivity index (χ4n) is 3.21. The van der Waals surface area contributed by atoms with Crippen molar-refractivity contribution in [2.45, 2.75) is 26.2 Å². The Bertz CT molecular complexity index is 895. The van der Waals surface area contributed by atoms with E-state index in [1.165, 1.54) is 18.4 Å². The molecule has 2 amide bonds. The van der Waals surface area contributed by atoms with Crippen molar-refractivity contribution in [3.8, 4) is 5.75 Å². The van der Waals surface area contributed by atoms with Crippen LogP contribution in [0.2, 0.25) is 0 Å². The first-order valence-electron chi connectivity index (χ1n) is 8.10. The van der Waals surface area contributed by atoms with Crippen LogP contribution in [-0.4, -0.2) is 18.9 Å². The lowest BCUT2D eigenvalue weighted by molar-refractivity contribution is 0.1000. The highest BCUT2D eigenvalue weighted by Crippen LogP contribution is 2.40. The number of amides is 2. The summed E-state index contributed by atoms with van der Waals surface area (Å²) in [5.41, 5.74) is 7.41. The van der Waals surface area contributed by atoms with E-state index in [1.807, 2.05) is 0 Å². The second kappa shape index (κ2) is 7.70. The van der Waals surface area contributed by atoms with E-state index in [0.29, 0.717) is 32.3 Å². The average molecular weight is 502 g/mol. The molecule has 5 nitrogen and oxygen atoms in total. The molecule has 0 radical (unpaired) electrons. The second-order valence-electron chi connectivity index (χ2n) is 6.34. The molecule has 0 fully saturated rings. The van der Waals surface area contributed by atoms with Crippen molar-refractivity contribution in [1.82, 2.24) is 0 Å². The number of thiophene rings is 1. The quantitative estimate of drug-likeness (QED) is 0.633. The van der Waals surface area contributed by atoms with Crippen LogP contribution in [0.3, 0.4) is 0 Å². The van der Waals surface area contributed by atoms with E-state index < -0.39 is 5.91 Å². The Morgan fingerprint density at radius 1 is 1.35 bits per heavy atom. The van der Waals surface area contributed by atoms with E-state index in [-0.39, 0.29) is 5.91 Å². The monoisotopic (exact) mass is 500 g/mol. The van der Waals surface area contributed by atoms with E-state index in [0.717, 1.165) is 34.2 Å². The van der Waals surface area contributed by atoms with Gasteiger partial charge in [-0.15, -0.1) is 11.3 Å². The Morgan fingerprint density at radius 3 is 2.73 bits per heavy atom. The largest absolute Gasteiger partial charge is 0.495 e. The van der Waals surface area contributed by atoms with E-state index >= 15 is 0 Å². The summed E-state index contributed by atoms with van der Waals surface area (Å²) in [6, 6.07) is 3.48. The molecule has 0 aliphatic heterocycles. The molecular weight excluding hydrogens is 484 g/mol. The van der Waals surface area contributed by atoms with Crippen LogP contribution < -0.4 is 15.8 Å². The average Bonchev–Trinajstić information content (AvgIpc) is 2.91. The first kappa shape index (κ1) is 19.4. The van der Waals surface area contributed by atoms with Crippen LogP contribution in [0.25, 0.3) is 0 Å². The maximum atomic E-state index is 12.9. The summed E-state index contributed by atoms with van der Waals surface area (Å²) in [5, 5.41) is 3.38. The van der Waals surface area contributed by atoms with Gasteiger partial charge in [0.15, 0.2) is 0 Å². The van der Waals surface area contributed by atoms with Crippen molar-refractivity contribution in [2.75, 3.05) is 12.4 Å². The Hall–Kier alpha value is -1.38. The first-order chi connectivity index (χ1) is 12.3. The van der Waals surface area contributed by atoms with Gasteiger partial charge in [0.2, 0.25) is 0 Å². The van der Waals surface area contributed by atoms with Gasteiger partial charge in [-0.3, -0.25) is 9.59 Å². The van der Waals surface area contributed by atoms with E-state index in [2.05, 4.69) is 44.1 Å². The molecule has 0 bridgehead atoms. The fourth-order valence-corrected chi connectivity index (χ4v) is 6.00. The van der Waals surface area contributed by atoms with Crippen molar-refractivity contribution in [3.63, 3.8) is 0 Å². The number of carbonyl (C=O) groups is 2. The molecule has 1 aromatic heterocycles. The van der Waals surface area contributed by atoms with Gasteiger partial charge in [-0.25, -0.2) is 0 Å². The number of ether oxygens (including phenoxy) is 1. The SMILES string of the molecule is COc1c(Br)cc(Br)cc1C(=O)Nc1sc2c(c1C(N)=O)CCC(C)C2. The number of halogens is 2. The molecule has 1 atom stereocenters. The smallest absolute Gasteiger partial charge is 0.260 e. The van der Waals surface area contributed by atoms with Crippen LogP contribution in [0.1, 0.15) is 44.5 Å². The summed E-state index contributed by atoms with van der Waals surface area (Å²) < 4.78 is 6.75.